The largest absolute Gasteiger partial charge is 0.503 e. The number of hydrogen-bond donors (Lipinski definition) is 0. The highest BCUT2D eigenvalue weighted by Crippen LogP contribution is 2.23. The van der Waals surface area contributed by atoms with Crippen LogP contribution in [0.2, 0.25) is 6.04 Å². The second-order valence-corrected chi connectivity index (χ2v) is 7.76. The van der Waals surface area contributed by atoms with E-state index in [-0.39, 0.29) is 0 Å². The van der Waals surface area contributed by atoms with E-state index >= 15 is 0 Å². The lowest BCUT2D eigenvalue weighted by molar-refractivity contribution is -0.165. The molecule has 6 heteroatoms. The van der Waals surface area contributed by atoms with E-state index in [1.54, 1.807) is 0 Å². The van der Waals surface area contributed by atoms with Gasteiger partial charge < -0.3 is 18.0 Å². The Bertz CT molecular complexity index is 287. The first-order valence-electron chi connectivity index (χ1n) is 8.36. The fraction of sp³-hybridized carbons (Fsp3) is 0.812. The van der Waals surface area contributed by atoms with Crippen molar-refractivity contribution in [3.05, 3.63) is 12.7 Å². The van der Waals surface area contributed by atoms with Gasteiger partial charge in [0, 0.05) is 31.8 Å². The summed E-state index contributed by atoms with van der Waals surface area (Å²) in [5.74, 6) is -0.490. The Kier molecular flexibility index (Phi) is 12.4. The van der Waals surface area contributed by atoms with Crippen molar-refractivity contribution >= 4 is 14.8 Å². The van der Waals surface area contributed by atoms with Crippen LogP contribution < -0.4 is 0 Å². The molecule has 0 N–H and O–H groups in total. The van der Waals surface area contributed by atoms with E-state index < -0.39 is 21.1 Å². The summed E-state index contributed by atoms with van der Waals surface area (Å²) < 4.78 is 23.3. The van der Waals surface area contributed by atoms with Crippen LogP contribution in [-0.4, -0.2) is 34.3 Å². The first-order chi connectivity index (χ1) is 10.6. The summed E-state index contributed by atoms with van der Waals surface area (Å²) in [4.78, 5) is 11.4. The van der Waals surface area contributed by atoms with Gasteiger partial charge in [-0.25, -0.2) is 4.79 Å². The molecule has 0 aliphatic rings. The van der Waals surface area contributed by atoms with Crippen LogP contribution >= 0.6 is 0 Å². The van der Waals surface area contributed by atoms with Crippen molar-refractivity contribution in [1.82, 2.24) is 0 Å². The van der Waals surface area contributed by atoms with Gasteiger partial charge >= 0.3 is 14.8 Å². The number of carbonyl (C=O) groups is 1. The molecule has 0 fully saturated rings. The molecular weight excluding hydrogens is 300 g/mol. The summed E-state index contributed by atoms with van der Waals surface area (Å²) in [5, 5.41) is 0. The number of unbranched alkanes of at least 4 members (excludes halogenated alkanes) is 1. The molecule has 0 bridgehead atoms. The van der Waals surface area contributed by atoms with Crippen LogP contribution in [0.1, 0.15) is 59.8 Å². The lowest BCUT2D eigenvalue weighted by Crippen LogP contribution is -2.49. The molecule has 1 atom stereocenters. The third kappa shape index (κ3) is 8.68. The molecule has 0 aromatic rings. The summed E-state index contributed by atoms with van der Waals surface area (Å²) in [6.45, 7) is 12.7. The fourth-order valence-electron chi connectivity index (χ4n) is 1.79. The highest BCUT2D eigenvalue weighted by atomic mass is 28.4. The van der Waals surface area contributed by atoms with E-state index in [0.29, 0.717) is 19.6 Å². The van der Waals surface area contributed by atoms with Crippen LogP contribution in [0.25, 0.3) is 0 Å². The highest BCUT2D eigenvalue weighted by Gasteiger charge is 2.43. The van der Waals surface area contributed by atoms with Gasteiger partial charge in [-0.3, -0.25) is 0 Å². The van der Waals surface area contributed by atoms with Gasteiger partial charge in [0.25, 0.3) is 0 Å². The number of carbonyl (C=O) groups excluding carboxylic acids is 1. The van der Waals surface area contributed by atoms with Crippen molar-refractivity contribution < 1.29 is 22.8 Å². The highest BCUT2D eigenvalue weighted by molar-refractivity contribution is 6.60. The second-order valence-electron chi connectivity index (χ2n) is 5.08. The topological polar surface area (TPSA) is 54.0 Å². The first-order valence-corrected chi connectivity index (χ1v) is 10.3. The Balaban J connectivity index is 5.01. The van der Waals surface area contributed by atoms with Crippen molar-refractivity contribution in [2.75, 3.05) is 13.2 Å². The zero-order valence-electron chi connectivity index (χ0n) is 14.6. The lowest BCUT2D eigenvalue weighted by atomic mass is 10.4. The minimum atomic E-state index is -2.83. The van der Waals surface area contributed by atoms with Crippen molar-refractivity contribution in [3.8, 4) is 0 Å². The van der Waals surface area contributed by atoms with E-state index in [0.717, 1.165) is 37.8 Å². The minimum absolute atomic E-state index is 0.490. The summed E-state index contributed by atoms with van der Waals surface area (Å²) >= 11 is 0. The Morgan fingerprint density at radius 2 is 1.68 bits per heavy atom. The molecule has 0 radical (unpaired) electrons. The zero-order valence-corrected chi connectivity index (χ0v) is 15.6. The number of rotatable bonds is 14. The predicted octanol–water partition coefficient (Wildman–Crippen LogP) is 4.06. The van der Waals surface area contributed by atoms with Crippen molar-refractivity contribution in [1.29, 1.82) is 0 Å². The van der Waals surface area contributed by atoms with Crippen molar-refractivity contribution in [2.45, 2.75) is 72.1 Å². The monoisotopic (exact) mass is 332 g/mol. The maximum atomic E-state index is 11.4. The molecule has 22 heavy (non-hydrogen) atoms. The summed E-state index contributed by atoms with van der Waals surface area (Å²) in [7, 11) is -2.83. The van der Waals surface area contributed by atoms with E-state index in [1.165, 1.54) is 0 Å². The molecule has 0 aromatic heterocycles. The van der Waals surface area contributed by atoms with Crippen molar-refractivity contribution in [2.24, 2.45) is 0 Å². The lowest BCUT2D eigenvalue weighted by Gasteiger charge is -2.32. The van der Waals surface area contributed by atoms with Crippen LogP contribution in [-0.2, 0) is 22.8 Å². The Morgan fingerprint density at radius 1 is 1.09 bits per heavy atom. The second kappa shape index (κ2) is 12.8. The maximum Gasteiger partial charge on any atom is 0.503 e. The molecule has 0 rings (SSSR count). The van der Waals surface area contributed by atoms with E-state index in [2.05, 4.69) is 13.5 Å². The normalized spacial score (nSPS) is 12.9. The van der Waals surface area contributed by atoms with Gasteiger partial charge in [0.1, 0.15) is 0 Å². The summed E-state index contributed by atoms with van der Waals surface area (Å²) in [5.41, 5.74) is 0. The molecule has 0 saturated carbocycles. The van der Waals surface area contributed by atoms with Crippen LogP contribution in [0.4, 0.5) is 0 Å². The Hall–Kier alpha value is -0.693. The van der Waals surface area contributed by atoms with Gasteiger partial charge in [-0.15, -0.1) is 0 Å². The average Bonchev–Trinajstić information content (AvgIpc) is 2.55. The molecule has 0 aliphatic heterocycles. The predicted molar refractivity (Wildman–Crippen MR) is 89.4 cm³/mol. The van der Waals surface area contributed by atoms with Gasteiger partial charge in [0.2, 0.25) is 0 Å². The molecule has 0 aromatic carbocycles. The molecule has 0 heterocycles. The van der Waals surface area contributed by atoms with Crippen LogP contribution in [0.15, 0.2) is 12.7 Å². The molecule has 0 aliphatic carbocycles. The van der Waals surface area contributed by atoms with Gasteiger partial charge in [0.05, 0.1) is 0 Å². The summed E-state index contributed by atoms with van der Waals surface area (Å²) in [6, 6.07) is 0.742. The molecule has 130 valence electrons. The van der Waals surface area contributed by atoms with Crippen LogP contribution in [0.3, 0.4) is 0 Å². The average molecular weight is 333 g/mol. The first kappa shape index (κ1) is 21.3. The molecule has 0 amide bonds. The fourth-order valence-corrected chi connectivity index (χ4v) is 4.85. The standard InChI is InChI=1S/C16H32O5Si/c1-6-11-14-22(18-12-7-2,19-13-8-3)21-16(10-5)20-15(17)9-4/h9,16H,4,6-8,10-14H2,1-3,5H3. The zero-order chi connectivity index (χ0) is 16.8. The summed E-state index contributed by atoms with van der Waals surface area (Å²) in [6.07, 6.45) is 4.82. The quantitative estimate of drug-likeness (QED) is 0.208. The molecular formula is C16H32O5Si. The Morgan fingerprint density at radius 3 is 2.09 bits per heavy atom. The number of esters is 1. The third-order valence-electron chi connectivity index (χ3n) is 2.95. The number of ether oxygens (including phenoxy) is 1. The molecule has 1 unspecified atom stereocenters. The van der Waals surface area contributed by atoms with E-state index in [9.17, 15) is 4.79 Å². The van der Waals surface area contributed by atoms with Gasteiger partial charge in [-0.2, -0.15) is 0 Å². The van der Waals surface area contributed by atoms with Crippen molar-refractivity contribution in [3.63, 3.8) is 0 Å². The third-order valence-corrected chi connectivity index (χ3v) is 5.82. The maximum absolute atomic E-state index is 11.4. The number of hydrogen-bond acceptors (Lipinski definition) is 5. The minimum Gasteiger partial charge on any atom is -0.433 e. The molecule has 0 saturated heterocycles. The molecule has 0 spiro atoms. The Labute approximate surface area is 136 Å². The van der Waals surface area contributed by atoms with Gasteiger partial charge in [-0.05, 0) is 19.3 Å². The van der Waals surface area contributed by atoms with E-state index in [4.69, 9.17) is 18.0 Å². The smallest absolute Gasteiger partial charge is 0.433 e. The van der Waals surface area contributed by atoms with Gasteiger partial charge in [-0.1, -0.05) is 40.7 Å². The van der Waals surface area contributed by atoms with E-state index in [1.807, 2.05) is 20.8 Å². The van der Waals surface area contributed by atoms with Crippen LogP contribution in [0.5, 0.6) is 0 Å². The van der Waals surface area contributed by atoms with Gasteiger partial charge in [0.15, 0.2) is 6.29 Å². The SMILES string of the molecule is C=CC(=O)OC(CC)O[Si](CCCC)(OCCC)OCCC. The molecule has 5 nitrogen and oxygen atoms in total. The van der Waals surface area contributed by atoms with Crippen LogP contribution in [0, 0.1) is 0 Å².